The van der Waals surface area contributed by atoms with Crippen LogP contribution in [0.15, 0.2) is 12.2 Å². The van der Waals surface area contributed by atoms with E-state index in [2.05, 4.69) is 16.2 Å². The summed E-state index contributed by atoms with van der Waals surface area (Å²) in [5.41, 5.74) is 4.14. The lowest BCUT2D eigenvalue weighted by molar-refractivity contribution is -0.137. The van der Waals surface area contributed by atoms with Crippen molar-refractivity contribution in [3.8, 4) is 0 Å². The van der Waals surface area contributed by atoms with E-state index in [4.69, 9.17) is 4.74 Å². The zero-order chi connectivity index (χ0) is 23.4. The molecule has 1 aliphatic rings. The number of hydrazine groups is 1. The smallest absolute Gasteiger partial charge is 0.253 e. The van der Waals surface area contributed by atoms with E-state index in [0.29, 0.717) is 25.9 Å². The van der Waals surface area contributed by atoms with Crippen LogP contribution in [0.3, 0.4) is 0 Å². The average Bonchev–Trinajstić information content (AvgIpc) is 2.97. The van der Waals surface area contributed by atoms with Crippen molar-refractivity contribution < 1.29 is 23.9 Å². The predicted molar refractivity (Wildman–Crippen MR) is 115 cm³/mol. The number of hydrogen-bond acceptors (Lipinski definition) is 6. The van der Waals surface area contributed by atoms with Gasteiger partial charge < -0.3 is 10.1 Å². The lowest BCUT2D eigenvalue weighted by Crippen LogP contribution is -2.46. The van der Waals surface area contributed by atoms with Crippen LogP contribution in [0.2, 0.25) is 0 Å². The van der Waals surface area contributed by atoms with Crippen LogP contribution in [0.25, 0.3) is 0 Å². The van der Waals surface area contributed by atoms with Crippen molar-refractivity contribution in [3.05, 3.63) is 12.2 Å². The quantitative estimate of drug-likeness (QED) is 0.321. The molecule has 0 aromatic heterocycles. The molecule has 0 atom stereocenters. The number of imide groups is 1. The normalized spacial score (nSPS) is 13.8. The molecule has 0 aromatic rings. The number of ether oxygens (including phenoxy) is 1. The van der Waals surface area contributed by atoms with Gasteiger partial charge in [0.2, 0.25) is 11.8 Å². The van der Waals surface area contributed by atoms with Crippen LogP contribution in [-0.2, 0) is 23.9 Å². The number of carbonyl (C=O) groups excluding carboxylic acids is 4. The summed E-state index contributed by atoms with van der Waals surface area (Å²) in [5, 5.41) is 2.90. The molecule has 0 aromatic carbocycles. The third-order valence-electron chi connectivity index (χ3n) is 4.38. The summed E-state index contributed by atoms with van der Waals surface area (Å²) in [7, 11) is 1.63. The Morgan fingerprint density at radius 2 is 1.53 bits per heavy atom. The van der Waals surface area contributed by atoms with Crippen LogP contribution in [0.4, 0.5) is 0 Å². The van der Waals surface area contributed by atoms with E-state index in [0.717, 1.165) is 4.90 Å². The Morgan fingerprint density at radius 3 is 2.07 bits per heavy atom. The van der Waals surface area contributed by atoms with Gasteiger partial charge in [-0.3, -0.25) is 29.5 Å². The highest BCUT2D eigenvalue weighted by atomic mass is 16.5. The summed E-state index contributed by atoms with van der Waals surface area (Å²) >= 11 is 0. The first-order chi connectivity index (χ1) is 14.0. The molecule has 0 spiro atoms. The van der Waals surface area contributed by atoms with Crippen LogP contribution in [-0.4, -0.2) is 59.9 Å². The number of rotatable bonds is 12. The Kier molecular flexibility index (Phi) is 12.1. The van der Waals surface area contributed by atoms with Gasteiger partial charge in [-0.1, -0.05) is 13.8 Å². The van der Waals surface area contributed by atoms with Crippen molar-refractivity contribution in [2.24, 2.45) is 0 Å². The first kappa shape index (κ1) is 27.7. The van der Waals surface area contributed by atoms with Crippen LogP contribution in [0.1, 0.15) is 67.2 Å². The molecular formula is C21H38N4O5. The minimum absolute atomic E-state index is 0.0511. The number of nitrogens with zero attached hydrogens (tertiary/aromatic N) is 1. The Hall–Kier alpha value is -2.26. The Morgan fingerprint density at radius 1 is 0.967 bits per heavy atom. The third-order valence-corrected chi connectivity index (χ3v) is 4.38. The number of nitrogens with one attached hydrogen (secondary N) is 3. The number of amides is 4. The molecule has 1 rings (SSSR count). The molecule has 0 unspecified atom stereocenters. The fourth-order valence-electron chi connectivity index (χ4n) is 2.64. The molecule has 30 heavy (non-hydrogen) atoms. The maximum atomic E-state index is 12.2. The van der Waals surface area contributed by atoms with E-state index in [9.17, 15) is 19.2 Å². The maximum Gasteiger partial charge on any atom is 0.253 e. The molecule has 0 aliphatic carbocycles. The third kappa shape index (κ3) is 11.1. The van der Waals surface area contributed by atoms with E-state index in [1.165, 1.54) is 12.2 Å². The topological polar surface area (TPSA) is 117 Å². The van der Waals surface area contributed by atoms with E-state index < -0.39 is 23.0 Å². The minimum Gasteiger partial charge on any atom is -0.375 e. The monoisotopic (exact) mass is 426 g/mol. The summed E-state index contributed by atoms with van der Waals surface area (Å²) in [5.74, 6) is -1.12. The van der Waals surface area contributed by atoms with Gasteiger partial charge >= 0.3 is 0 Å². The molecule has 9 heteroatoms. The molecule has 1 heterocycles. The highest BCUT2D eigenvalue weighted by molar-refractivity contribution is 6.13. The van der Waals surface area contributed by atoms with Crippen LogP contribution in [0.5, 0.6) is 0 Å². The Bertz CT molecular complexity index is 611. The molecule has 4 amide bonds. The summed E-state index contributed by atoms with van der Waals surface area (Å²) < 4.78 is 5.89. The standard InChI is InChI=1S/C19H32N4O5.C2H6/c1-18(2,11-13-28-19(3,4)10-8-15(25)22-20-5)21-14(24)9-12-23-16(26)6-7-17(23)27;1-2/h6-7,20H,8-13H2,1-5H3,(H,21,24)(H,22,25);1-2H3. The fourth-order valence-corrected chi connectivity index (χ4v) is 2.64. The second kappa shape index (κ2) is 13.1. The lowest BCUT2D eigenvalue weighted by atomic mass is 9.99. The van der Waals surface area contributed by atoms with Crippen molar-refractivity contribution in [2.75, 3.05) is 20.2 Å². The summed E-state index contributed by atoms with van der Waals surface area (Å²) in [6, 6.07) is 0. The van der Waals surface area contributed by atoms with E-state index in [-0.39, 0.29) is 24.8 Å². The zero-order valence-electron chi connectivity index (χ0n) is 19.4. The fraction of sp³-hybridized carbons (Fsp3) is 0.714. The Labute approximate surface area is 179 Å². The van der Waals surface area contributed by atoms with Gasteiger partial charge in [0.25, 0.3) is 11.8 Å². The molecule has 0 radical (unpaired) electrons. The van der Waals surface area contributed by atoms with Gasteiger partial charge in [-0.25, -0.2) is 5.43 Å². The largest absolute Gasteiger partial charge is 0.375 e. The van der Waals surface area contributed by atoms with Gasteiger partial charge in [0.15, 0.2) is 0 Å². The van der Waals surface area contributed by atoms with Crippen molar-refractivity contribution in [1.82, 2.24) is 21.1 Å². The minimum atomic E-state index is -0.506. The SMILES string of the molecule is CC.CNNC(=O)CCC(C)(C)OCCC(C)(C)NC(=O)CCN1C(=O)C=CC1=O. The first-order valence-electron chi connectivity index (χ1n) is 10.4. The molecular weight excluding hydrogens is 388 g/mol. The predicted octanol–water partition coefficient (Wildman–Crippen LogP) is 1.44. The molecule has 0 fully saturated rings. The number of carbonyl (C=O) groups is 4. The van der Waals surface area contributed by atoms with Crippen molar-refractivity contribution in [2.45, 2.75) is 78.4 Å². The Balaban J connectivity index is 0.00000407. The number of hydrogen-bond donors (Lipinski definition) is 3. The van der Waals surface area contributed by atoms with Gasteiger partial charge in [0.1, 0.15) is 0 Å². The lowest BCUT2D eigenvalue weighted by Gasteiger charge is -2.30. The summed E-state index contributed by atoms with van der Waals surface area (Å²) in [4.78, 5) is 47.7. The summed E-state index contributed by atoms with van der Waals surface area (Å²) in [6.45, 7) is 12.1. The molecule has 1 aliphatic heterocycles. The highest BCUT2D eigenvalue weighted by Crippen LogP contribution is 2.19. The summed E-state index contributed by atoms with van der Waals surface area (Å²) in [6.07, 6.45) is 3.94. The van der Waals surface area contributed by atoms with E-state index in [1.807, 2.05) is 41.5 Å². The van der Waals surface area contributed by atoms with Crippen LogP contribution < -0.4 is 16.2 Å². The van der Waals surface area contributed by atoms with Crippen LogP contribution >= 0.6 is 0 Å². The second-order valence-corrected chi connectivity index (χ2v) is 8.00. The van der Waals surface area contributed by atoms with Crippen molar-refractivity contribution in [1.29, 1.82) is 0 Å². The average molecular weight is 427 g/mol. The first-order valence-corrected chi connectivity index (χ1v) is 10.4. The molecule has 0 saturated heterocycles. The van der Waals surface area contributed by atoms with Gasteiger partial charge in [0.05, 0.1) is 5.60 Å². The van der Waals surface area contributed by atoms with Crippen molar-refractivity contribution >= 4 is 23.6 Å². The molecule has 0 saturated carbocycles. The van der Waals surface area contributed by atoms with Gasteiger partial charge in [-0.05, 0) is 40.5 Å². The molecule has 0 bridgehead atoms. The van der Waals surface area contributed by atoms with Gasteiger partial charge in [-0.2, -0.15) is 0 Å². The van der Waals surface area contributed by atoms with Gasteiger partial charge in [0, 0.05) is 50.7 Å². The highest BCUT2D eigenvalue weighted by Gasteiger charge is 2.26. The zero-order valence-corrected chi connectivity index (χ0v) is 19.4. The van der Waals surface area contributed by atoms with E-state index in [1.54, 1.807) is 7.05 Å². The molecule has 3 N–H and O–H groups in total. The molecule has 172 valence electrons. The van der Waals surface area contributed by atoms with E-state index >= 15 is 0 Å². The second-order valence-electron chi connectivity index (χ2n) is 8.00. The maximum absolute atomic E-state index is 12.2. The van der Waals surface area contributed by atoms with Crippen molar-refractivity contribution in [3.63, 3.8) is 0 Å². The van der Waals surface area contributed by atoms with Gasteiger partial charge in [-0.15, -0.1) is 0 Å². The molecule has 9 nitrogen and oxygen atoms in total. The van der Waals surface area contributed by atoms with Crippen LogP contribution in [0, 0.1) is 0 Å².